The zero-order chi connectivity index (χ0) is 19.5. The highest BCUT2D eigenvalue weighted by atomic mass is 15.1. The van der Waals surface area contributed by atoms with E-state index in [0.29, 0.717) is 0 Å². The van der Waals surface area contributed by atoms with Gasteiger partial charge in [-0.15, -0.1) is 0 Å². The number of rotatable bonds is 2. The molecule has 2 aliphatic rings. The highest BCUT2D eigenvalue weighted by molar-refractivity contribution is 5.74. The van der Waals surface area contributed by atoms with Crippen molar-refractivity contribution in [1.29, 1.82) is 0 Å². The van der Waals surface area contributed by atoms with Gasteiger partial charge in [0, 0.05) is 31.8 Å². The van der Waals surface area contributed by atoms with Crippen LogP contribution < -0.4 is 10.6 Å². The molecule has 0 amide bonds. The zero-order valence-electron chi connectivity index (χ0n) is 18.3. The van der Waals surface area contributed by atoms with E-state index in [9.17, 15) is 0 Å². The maximum absolute atomic E-state index is 2.50. The lowest BCUT2D eigenvalue weighted by Crippen LogP contribution is -3.04. The summed E-state index contributed by atoms with van der Waals surface area (Å²) < 4.78 is 2.33. The fraction of sp³-hybridized carbons (Fsp3) is 0.652. The monoisotopic (exact) mass is 357 g/mol. The minimum absolute atomic E-state index is 0.143. The molecule has 0 saturated heterocycles. The number of nitrogens with zero attached hydrogens (tertiary/aromatic N) is 1. The molecule has 0 aromatic carbocycles. The van der Waals surface area contributed by atoms with E-state index in [1.807, 2.05) is 0 Å². The predicted molar refractivity (Wildman–Crippen MR) is 111 cm³/mol. The van der Waals surface area contributed by atoms with Crippen LogP contribution in [0.4, 0.5) is 0 Å². The molecule has 26 heavy (non-hydrogen) atoms. The first-order valence-corrected chi connectivity index (χ1v) is 10.0. The molecule has 0 atom stereocenters. The van der Waals surface area contributed by atoms with Gasteiger partial charge in [-0.1, -0.05) is 0 Å². The van der Waals surface area contributed by atoms with Crippen LogP contribution >= 0.6 is 0 Å². The molecule has 0 bridgehead atoms. The normalized spacial score (nSPS) is 26.2. The highest BCUT2D eigenvalue weighted by Gasteiger charge is 2.39. The Balaban J connectivity index is 2.01. The molecule has 2 aliphatic heterocycles. The average molecular weight is 358 g/mol. The Bertz CT molecular complexity index is 769. The summed E-state index contributed by atoms with van der Waals surface area (Å²) in [5, 5.41) is 5.00. The lowest BCUT2D eigenvalue weighted by atomic mass is 9.81. The average Bonchev–Trinajstić information content (AvgIpc) is 2.73. The number of aryl methyl sites for hydroxylation is 1. The molecular weight excluding hydrogens is 318 g/mol. The summed E-state index contributed by atoms with van der Waals surface area (Å²) in [6, 6.07) is 2.42. The van der Waals surface area contributed by atoms with Gasteiger partial charge in [0.1, 0.15) is 11.1 Å². The summed E-state index contributed by atoms with van der Waals surface area (Å²) in [6.45, 7) is 18.7. The Morgan fingerprint density at radius 1 is 0.769 bits per heavy atom. The van der Waals surface area contributed by atoms with Crippen LogP contribution in [0.1, 0.15) is 79.5 Å². The van der Waals surface area contributed by atoms with Gasteiger partial charge < -0.3 is 15.2 Å². The molecule has 0 saturated carbocycles. The molecule has 144 valence electrons. The molecule has 3 nitrogen and oxygen atoms in total. The topological polar surface area (TPSA) is 38.1 Å². The third-order valence-corrected chi connectivity index (χ3v) is 5.61. The molecule has 1 aromatic rings. The minimum Gasteiger partial charge on any atom is -0.350 e. The minimum atomic E-state index is 0.143. The van der Waals surface area contributed by atoms with Crippen LogP contribution in [-0.4, -0.2) is 26.7 Å². The summed E-state index contributed by atoms with van der Waals surface area (Å²) in [5.41, 5.74) is 6.51. The van der Waals surface area contributed by atoms with Gasteiger partial charge in [0.15, 0.2) is 0 Å². The number of nitrogens with two attached hydrogens (primary N) is 2. The number of aromatic nitrogens is 1. The fourth-order valence-corrected chi connectivity index (χ4v) is 5.59. The van der Waals surface area contributed by atoms with E-state index in [-0.39, 0.29) is 22.2 Å². The molecule has 0 unspecified atom stereocenters. The first-order valence-electron chi connectivity index (χ1n) is 10.0. The fourth-order valence-electron chi connectivity index (χ4n) is 5.59. The van der Waals surface area contributed by atoms with Gasteiger partial charge in [0.2, 0.25) is 0 Å². The third kappa shape index (κ3) is 4.15. The van der Waals surface area contributed by atoms with Gasteiger partial charge >= 0.3 is 0 Å². The summed E-state index contributed by atoms with van der Waals surface area (Å²) in [7, 11) is 2.20. The summed E-state index contributed by atoms with van der Waals surface area (Å²) in [5.74, 6) is 0. The van der Waals surface area contributed by atoms with Crippen LogP contribution in [0, 0.1) is 0 Å². The second-order valence-electron chi connectivity index (χ2n) is 11.3. The quantitative estimate of drug-likeness (QED) is 0.817. The van der Waals surface area contributed by atoms with Gasteiger partial charge in [-0.05, 0) is 90.3 Å². The first kappa shape index (κ1) is 19.4. The largest absolute Gasteiger partial charge is 0.350 e. The molecule has 0 radical (unpaired) electrons. The van der Waals surface area contributed by atoms with E-state index < -0.39 is 0 Å². The van der Waals surface area contributed by atoms with Crippen molar-refractivity contribution in [2.45, 2.75) is 90.4 Å². The van der Waals surface area contributed by atoms with E-state index in [1.54, 1.807) is 0 Å². The number of quaternary nitrogens is 2. The van der Waals surface area contributed by atoms with E-state index in [4.69, 9.17) is 0 Å². The Morgan fingerprint density at radius 2 is 1.23 bits per heavy atom. The van der Waals surface area contributed by atoms with Crippen LogP contribution in [0.15, 0.2) is 24.4 Å². The summed E-state index contributed by atoms with van der Waals surface area (Å²) in [6.07, 6.45) is 9.49. The lowest BCUT2D eigenvalue weighted by Gasteiger charge is -2.37. The highest BCUT2D eigenvalue weighted by Crippen LogP contribution is 2.34. The van der Waals surface area contributed by atoms with Gasteiger partial charge in [-0.3, -0.25) is 0 Å². The van der Waals surface area contributed by atoms with E-state index >= 15 is 0 Å². The molecule has 0 fully saturated rings. The third-order valence-electron chi connectivity index (χ3n) is 5.61. The van der Waals surface area contributed by atoms with Gasteiger partial charge in [-0.25, -0.2) is 0 Å². The van der Waals surface area contributed by atoms with E-state index in [1.165, 1.54) is 22.4 Å². The molecule has 3 heterocycles. The van der Waals surface area contributed by atoms with Crippen molar-refractivity contribution in [1.82, 2.24) is 4.57 Å². The van der Waals surface area contributed by atoms with Gasteiger partial charge in [0.25, 0.3) is 0 Å². The van der Waals surface area contributed by atoms with Crippen LogP contribution in [0.25, 0.3) is 11.1 Å². The van der Waals surface area contributed by atoms with Gasteiger partial charge in [-0.2, -0.15) is 0 Å². The van der Waals surface area contributed by atoms with Crippen LogP contribution in [-0.2, 0) is 7.05 Å². The standard InChI is InChI=1S/C23H37N3/c1-20(2)11-17(12-21(3,4)24-20)16-10-19(26(9)15-16)18-13-22(5,6)25-23(7,8)14-18/h10-11,13,15,24-25H,12,14H2,1-9H3/p+2. The number of hydrogen-bond acceptors (Lipinski definition) is 0. The molecule has 3 heteroatoms. The van der Waals surface area contributed by atoms with E-state index in [2.05, 4.69) is 102 Å². The van der Waals surface area contributed by atoms with Crippen molar-refractivity contribution in [3.8, 4) is 0 Å². The summed E-state index contributed by atoms with van der Waals surface area (Å²) in [4.78, 5) is 0. The second-order valence-corrected chi connectivity index (χ2v) is 11.3. The van der Waals surface area contributed by atoms with E-state index in [0.717, 1.165) is 12.8 Å². The number of hydrogen-bond donors (Lipinski definition) is 2. The maximum atomic E-state index is 2.50. The zero-order valence-corrected chi connectivity index (χ0v) is 18.3. The van der Waals surface area contributed by atoms with Crippen LogP contribution in [0.2, 0.25) is 0 Å². The lowest BCUT2D eigenvalue weighted by molar-refractivity contribution is -0.770. The van der Waals surface area contributed by atoms with Crippen molar-refractivity contribution < 1.29 is 10.6 Å². The predicted octanol–water partition coefficient (Wildman–Crippen LogP) is 2.84. The smallest absolute Gasteiger partial charge is 0.110 e. The molecular formula is C23H39N3+2. The second kappa shape index (κ2) is 5.84. The molecule has 3 rings (SSSR count). The Morgan fingerprint density at radius 3 is 1.73 bits per heavy atom. The first-order chi connectivity index (χ1) is 11.7. The Hall–Kier alpha value is -1.32. The van der Waals surface area contributed by atoms with Crippen molar-refractivity contribution in [3.63, 3.8) is 0 Å². The molecule has 0 aliphatic carbocycles. The molecule has 0 spiro atoms. The Kier molecular flexibility index (Phi) is 4.36. The van der Waals surface area contributed by atoms with Crippen LogP contribution in [0.3, 0.4) is 0 Å². The molecule has 1 aromatic heterocycles. The van der Waals surface area contributed by atoms with Gasteiger partial charge in [0.05, 0.1) is 11.1 Å². The summed E-state index contributed by atoms with van der Waals surface area (Å²) >= 11 is 0. The molecule has 4 N–H and O–H groups in total. The van der Waals surface area contributed by atoms with Crippen molar-refractivity contribution >= 4 is 11.1 Å². The SMILES string of the molecule is Cn1cc(C2=CC(C)(C)[NH2+]C(C)(C)C2)cc1C1=CC(C)(C)[NH2+]C(C)(C)C1. The maximum Gasteiger partial charge on any atom is 0.110 e. The Labute approximate surface area is 159 Å². The van der Waals surface area contributed by atoms with Crippen molar-refractivity contribution in [3.05, 3.63) is 35.7 Å². The van der Waals surface area contributed by atoms with Crippen molar-refractivity contribution in [2.24, 2.45) is 7.05 Å². The van der Waals surface area contributed by atoms with Crippen LogP contribution in [0.5, 0.6) is 0 Å². The van der Waals surface area contributed by atoms with Crippen molar-refractivity contribution in [2.75, 3.05) is 0 Å².